The summed E-state index contributed by atoms with van der Waals surface area (Å²) >= 11 is 3.65. The fourth-order valence-corrected chi connectivity index (χ4v) is 2.25. The average Bonchev–Trinajstić information content (AvgIpc) is 2.83. The van der Waals surface area contributed by atoms with E-state index in [9.17, 15) is 0 Å². The third kappa shape index (κ3) is 2.47. The van der Waals surface area contributed by atoms with Gasteiger partial charge in [0.05, 0.1) is 19.6 Å². The molecule has 0 amide bonds. The molecular weight excluding hydrogens is 268 g/mol. The van der Waals surface area contributed by atoms with Crippen LogP contribution >= 0.6 is 15.9 Å². The minimum Gasteiger partial charge on any atom is -0.496 e. The highest BCUT2D eigenvalue weighted by Gasteiger charge is 2.12. The van der Waals surface area contributed by atoms with E-state index >= 15 is 0 Å². The lowest BCUT2D eigenvalue weighted by Gasteiger charge is -2.11. The van der Waals surface area contributed by atoms with Gasteiger partial charge in [-0.3, -0.25) is 0 Å². The van der Waals surface area contributed by atoms with Crippen LogP contribution in [0.1, 0.15) is 16.0 Å². The highest BCUT2D eigenvalue weighted by molar-refractivity contribution is 9.09. The van der Waals surface area contributed by atoms with E-state index in [0.29, 0.717) is 0 Å². The van der Waals surface area contributed by atoms with Crippen LogP contribution in [0.15, 0.2) is 47.3 Å². The van der Waals surface area contributed by atoms with Crippen LogP contribution in [-0.4, -0.2) is 7.11 Å². The number of alkyl halides is 1. The molecule has 0 fully saturated rings. The van der Waals surface area contributed by atoms with Gasteiger partial charge in [-0.2, -0.15) is 0 Å². The molecule has 1 atom stereocenters. The molecule has 0 radical (unpaired) electrons. The Bertz CT molecular complexity index is 437. The summed E-state index contributed by atoms with van der Waals surface area (Å²) in [6, 6.07) is 10.0. The Balaban J connectivity index is 2.14. The zero-order chi connectivity index (χ0) is 11.4. The van der Waals surface area contributed by atoms with E-state index in [0.717, 1.165) is 17.7 Å². The van der Waals surface area contributed by atoms with Crippen LogP contribution in [-0.2, 0) is 6.42 Å². The molecule has 84 valence electrons. The van der Waals surface area contributed by atoms with E-state index in [1.165, 1.54) is 5.56 Å². The molecule has 2 rings (SSSR count). The number of furan rings is 1. The zero-order valence-electron chi connectivity index (χ0n) is 9.02. The van der Waals surface area contributed by atoms with Gasteiger partial charge in [0.25, 0.3) is 0 Å². The van der Waals surface area contributed by atoms with Crippen molar-refractivity contribution in [3.63, 3.8) is 0 Å². The second kappa shape index (κ2) is 5.21. The Kier molecular flexibility index (Phi) is 3.67. The zero-order valence-corrected chi connectivity index (χ0v) is 10.6. The molecule has 16 heavy (non-hydrogen) atoms. The van der Waals surface area contributed by atoms with Gasteiger partial charge in [-0.15, -0.1) is 0 Å². The molecule has 0 saturated carbocycles. The van der Waals surface area contributed by atoms with Crippen LogP contribution in [0.4, 0.5) is 0 Å². The van der Waals surface area contributed by atoms with Crippen molar-refractivity contribution >= 4 is 15.9 Å². The van der Waals surface area contributed by atoms with E-state index in [1.807, 2.05) is 24.3 Å². The first-order chi connectivity index (χ1) is 7.81. The van der Waals surface area contributed by atoms with Crippen molar-refractivity contribution in [3.05, 3.63) is 54.0 Å². The van der Waals surface area contributed by atoms with Crippen LogP contribution < -0.4 is 4.74 Å². The van der Waals surface area contributed by atoms with E-state index in [4.69, 9.17) is 9.15 Å². The average molecular weight is 281 g/mol. The van der Waals surface area contributed by atoms with E-state index < -0.39 is 0 Å². The molecular formula is C13H13BrO2. The molecule has 0 N–H and O–H groups in total. The molecule has 3 heteroatoms. The molecule has 1 unspecified atom stereocenters. The van der Waals surface area contributed by atoms with Gasteiger partial charge in [-0.05, 0) is 24.1 Å². The smallest absolute Gasteiger partial charge is 0.122 e. The van der Waals surface area contributed by atoms with Crippen molar-refractivity contribution in [3.8, 4) is 5.75 Å². The second-order valence-corrected chi connectivity index (χ2v) is 4.65. The molecule has 1 aromatic carbocycles. The lowest BCUT2D eigenvalue weighted by atomic mass is 10.1. The number of methoxy groups -OCH3 is 1. The number of halogens is 1. The number of hydrogen-bond acceptors (Lipinski definition) is 2. The molecule has 2 nitrogen and oxygen atoms in total. The van der Waals surface area contributed by atoms with Gasteiger partial charge < -0.3 is 9.15 Å². The third-order valence-electron chi connectivity index (χ3n) is 2.50. The van der Waals surface area contributed by atoms with Gasteiger partial charge in [0, 0.05) is 10.4 Å². The van der Waals surface area contributed by atoms with Gasteiger partial charge in [-0.25, -0.2) is 0 Å². The SMILES string of the molecule is COc1ccccc1CC(Br)c1ccoc1. The fraction of sp³-hybridized carbons (Fsp3) is 0.231. The van der Waals surface area contributed by atoms with Crippen molar-refractivity contribution in [2.24, 2.45) is 0 Å². The van der Waals surface area contributed by atoms with Crippen LogP contribution in [0, 0.1) is 0 Å². The highest BCUT2D eigenvalue weighted by Crippen LogP contribution is 2.30. The van der Waals surface area contributed by atoms with Gasteiger partial charge in [0.2, 0.25) is 0 Å². The summed E-state index contributed by atoms with van der Waals surface area (Å²) < 4.78 is 10.4. The number of rotatable bonds is 4. The lowest BCUT2D eigenvalue weighted by Crippen LogP contribution is -1.97. The molecule has 1 aromatic heterocycles. The minimum atomic E-state index is 0.252. The summed E-state index contributed by atoms with van der Waals surface area (Å²) in [5, 5.41) is 0. The van der Waals surface area contributed by atoms with Gasteiger partial charge in [0.15, 0.2) is 0 Å². The Hall–Kier alpha value is -1.22. The van der Waals surface area contributed by atoms with Crippen LogP contribution in [0.2, 0.25) is 0 Å². The number of ether oxygens (including phenoxy) is 1. The Morgan fingerprint density at radius 3 is 2.81 bits per heavy atom. The Morgan fingerprint density at radius 1 is 1.31 bits per heavy atom. The standard InChI is InChI=1S/C13H13BrO2/c1-15-13-5-3-2-4-10(13)8-12(14)11-6-7-16-9-11/h2-7,9,12H,8H2,1H3. The molecule has 0 aliphatic carbocycles. The van der Waals surface area contributed by atoms with Crippen LogP contribution in [0.3, 0.4) is 0 Å². The normalized spacial score (nSPS) is 12.4. The first kappa shape index (κ1) is 11.3. The number of benzene rings is 1. The summed E-state index contributed by atoms with van der Waals surface area (Å²) in [4.78, 5) is 0.252. The largest absolute Gasteiger partial charge is 0.496 e. The van der Waals surface area contributed by atoms with E-state index in [1.54, 1.807) is 19.6 Å². The topological polar surface area (TPSA) is 22.4 Å². The van der Waals surface area contributed by atoms with Crippen molar-refractivity contribution < 1.29 is 9.15 Å². The summed E-state index contributed by atoms with van der Waals surface area (Å²) in [7, 11) is 1.69. The predicted octanol–water partition coefficient (Wildman–Crippen LogP) is 3.97. The fourth-order valence-electron chi connectivity index (χ4n) is 1.64. The molecule has 0 spiro atoms. The third-order valence-corrected chi connectivity index (χ3v) is 3.35. The number of hydrogen-bond donors (Lipinski definition) is 0. The van der Waals surface area contributed by atoms with Gasteiger partial charge >= 0.3 is 0 Å². The molecule has 0 aliphatic heterocycles. The van der Waals surface area contributed by atoms with Crippen molar-refractivity contribution in [2.45, 2.75) is 11.2 Å². The first-order valence-corrected chi connectivity index (χ1v) is 6.01. The summed E-state index contributed by atoms with van der Waals surface area (Å²) in [6.07, 6.45) is 4.32. The molecule has 1 heterocycles. The van der Waals surface area contributed by atoms with E-state index in [-0.39, 0.29) is 4.83 Å². The van der Waals surface area contributed by atoms with Gasteiger partial charge in [0.1, 0.15) is 5.75 Å². The quantitative estimate of drug-likeness (QED) is 0.791. The van der Waals surface area contributed by atoms with Crippen LogP contribution in [0.5, 0.6) is 5.75 Å². The molecule has 0 saturated heterocycles. The molecule has 0 aliphatic rings. The minimum absolute atomic E-state index is 0.252. The molecule has 0 bridgehead atoms. The number of para-hydroxylation sites is 1. The Morgan fingerprint density at radius 2 is 2.12 bits per heavy atom. The van der Waals surface area contributed by atoms with Crippen molar-refractivity contribution in [1.82, 2.24) is 0 Å². The summed E-state index contributed by atoms with van der Waals surface area (Å²) in [5.41, 5.74) is 2.33. The van der Waals surface area contributed by atoms with Crippen LogP contribution in [0.25, 0.3) is 0 Å². The predicted molar refractivity (Wildman–Crippen MR) is 67.1 cm³/mol. The Labute approximate surface area is 103 Å². The second-order valence-electron chi connectivity index (χ2n) is 3.54. The highest BCUT2D eigenvalue weighted by atomic mass is 79.9. The van der Waals surface area contributed by atoms with Crippen molar-refractivity contribution in [1.29, 1.82) is 0 Å². The monoisotopic (exact) mass is 280 g/mol. The maximum atomic E-state index is 5.32. The summed E-state index contributed by atoms with van der Waals surface area (Å²) in [5.74, 6) is 0.926. The van der Waals surface area contributed by atoms with Gasteiger partial charge in [-0.1, -0.05) is 34.1 Å². The maximum Gasteiger partial charge on any atom is 0.122 e. The summed E-state index contributed by atoms with van der Waals surface area (Å²) in [6.45, 7) is 0. The molecule has 2 aromatic rings. The lowest BCUT2D eigenvalue weighted by molar-refractivity contribution is 0.409. The van der Waals surface area contributed by atoms with E-state index in [2.05, 4.69) is 22.0 Å². The first-order valence-electron chi connectivity index (χ1n) is 5.09. The maximum absolute atomic E-state index is 5.32. The van der Waals surface area contributed by atoms with Crippen molar-refractivity contribution in [2.75, 3.05) is 7.11 Å².